The van der Waals surface area contributed by atoms with Crippen molar-refractivity contribution in [2.45, 2.75) is 22.2 Å². The first-order valence-corrected chi connectivity index (χ1v) is 13.8. The zero-order valence-corrected chi connectivity index (χ0v) is 16.5. The minimum atomic E-state index is -2.17. The Hall–Kier alpha value is 1.50. The number of alkyl halides is 6. The Kier molecular flexibility index (Phi) is 15.2. The van der Waals surface area contributed by atoms with E-state index < -0.39 is 39.7 Å². The van der Waals surface area contributed by atoms with E-state index in [0.717, 1.165) is 0 Å². The van der Waals surface area contributed by atoms with Gasteiger partial charge in [0.2, 0.25) is 0 Å². The Balaban J connectivity index is -0.000000196. The first-order chi connectivity index (χ1) is 7.62. The van der Waals surface area contributed by atoms with E-state index in [1.165, 1.54) is 0 Å². The van der Waals surface area contributed by atoms with E-state index in [0.29, 0.717) is 0 Å². The third-order valence-corrected chi connectivity index (χ3v) is 1.46. The van der Waals surface area contributed by atoms with E-state index >= 15 is 0 Å². The van der Waals surface area contributed by atoms with Crippen LogP contribution in [0.5, 0.6) is 0 Å². The molecule has 0 aromatic heterocycles. The van der Waals surface area contributed by atoms with Crippen LogP contribution in [-0.4, -0.2) is 49.9 Å². The molecule has 0 aromatic carbocycles. The second kappa shape index (κ2) is 11.2. The van der Waals surface area contributed by atoms with Crippen LogP contribution >= 0.6 is 69.6 Å². The van der Waals surface area contributed by atoms with Crippen LogP contribution in [0.25, 0.3) is 0 Å². The van der Waals surface area contributed by atoms with E-state index in [2.05, 4.69) is 14.6 Å². The van der Waals surface area contributed by atoms with Crippen LogP contribution in [0.4, 0.5) is 0 Å². The zero-order chi connectivity index (χ0) is 15.7. The molecule has 0 spiro atoms. The number of hydrogen-bond donors (Lipinski definition) is 2. The monoisotopic (exact) mass is 490 g/mol. The molecule has 0 aromatic rings. The molecule has 0 radical (unpaired) electrons. The third kappa shape index (κ3) is 26.1. The molecule has 0 aliphatic rings. The number of carboxylic acids is 2. The predicted octanol–water partition coefficient (Wildman–Crippen LogP) is 4.25. The Morgan fingerprint density at radius 1 is 0.778 bits per heavy atom. The molecule has 0 rings (SSSR count). The molecule has 2 N–H and O–H groups in total. The molecule has 0 bridgehead atoms. The van der Waals surface area contributed by atoms with Crippen LogP contribution in [0, 0.1) is 0 Å². The Morgan fingerprint density at radius 2 is 0.833 bits per heavy atom. The maximum absolute atomic E-state index is 9.62. The maximum atomic E-state index is 9.62. The van der Waals surface area contributed by atoms with Gasteiger partial charge >= 0.3 is 46.8 Å². The average Bonchev–Trinajstić information content (AvgIpc) is 1.99. The summed E-state index contributed by atoms with van der Waals surface area (Å²) in [4.78, 5) is 26.3. The molecule has 0 amide bonds. The number of rotatable bonds is 0. The summed E-state index contributed by atoms with van der Waals surface area (Å²) in [6.45, 7) is 0. The molecule has 0 fully saturated rings. The Labute approximate surface area is 142 Å². The summed E-state index contributed by atoms with van der Waals surface area (Å²) >= 11 is 28.3. The van der Waals surface area contributed by atoms with Gasteiger partial charge in [-0.2, -0.15) is 0 Å². The van der Waals surface area contributed by atoms with Crippen LogP contribution in [0.1, 0.15) is 0 Å². The Bertz CT molecular complexity index is 233. The van der Waals surface area contributed by atoms with Crippen molar-refractivity contribution >= 4 is 102 Å². The topological polar surface area (TPSA) is 74.6 Å². The molecule has 0 saturated carbocycles. The molecular formula is C7H11Cl6O4Sb. The predicted molar refractivity (Wildman–Crippen MR) is 79.2 cm³/mol. The van der Waals surface area contributed by atoms with Crippen molar-refractivity contribution in [3.05, 3.63) is 0 Å². The van der Waals surface area contributed by atoms with Gasteiger partial charge in [0.1, 0.15) is 0 Å². The van der Waals surface area contributed by atoms with Crippen molar-refractivity contribution < 1.29 is 19.8 Å². The van der Waals surface area contributed by atoms with Crippen LogP contribution in [-0.2, 0) is 9.59 Å². The third-order valence-electron chi connectivity index (χ3n) is 0.485. The van der Waals surface area contributed by atoms with Crippen LogP contribution in [0.15, 0.2) is 0 Å². The van der Waals surface area contributed by atoms with Gasteiger partial charge < -0.3 is 10.2 Å². The van der Waals surface area contributed by atoms with Gasteiger partial charge in [-0.3, -0.25) is 0 Å². The van der Waals surface area contributed by atoms with E-state index in [1.54, 1.807) is 0 Å². The molecule has 0 atom stereocenters. The second-order valence-corrected chi connectivity index (χ2v) is 15.2. The number of carbonyl (C=O) groups is 2. The molecule has 0 aliphatic carbocycles. The number of halogens is 6. The van der Waals surface area contributed by atoms with Gasteiger partial charge in [-0.15, -0.1) is 0 Å². The minimum absolute atomic E-state index is 0.450. The summed E-state index contributed by atoms with van der Waals surface area (Å²) in [6.07, 6.45) is 0. The molecule has 0 aliphatic heterocycles. The summed E-state index contributed by atoms with van der Waals surface area (Å²) in [5.74, 6) is -2.92. The standard InChI is InChI=1S/2C2HCl3O2.3CH3.Sb/c2*3-2(4,5)1(6)7;;;;/h2*(H,6,7);3*1H3;. The quantitative estimate of drug-likeness (QED) is 0.391. The molecular weight excluding hydrogens is 483 g/mol. The van der Waals surface area contributed by atoms with Crippen molar-refractivity contribution in [2.24, 2.45) is 0 Å². The van der Waals surface area contributed by atoms with Crippen LogP contribution in [0.3, 0.4) is 0 Å². The number of aliphatic carboxylic acids is 2. The molecule has 110 valence electrons. The Morgan fingerprint density at radius 3 is 0.833 bits per heavy atom. The molecule has 4 nitrogen and oxygen atoms in total. The SMILES string of the molecule is O=C(O)C(Cl)(Cl)Cl.O=C(O)C(Cl)(Cl)Cl.[CH3][Sb]([CH3])[CH3]. The molecule has 11 heteroatoms. The zero-order valence-electron chi connectivity index (χ0n) is 9.43. The van der Waals surface area contributed by atoms with Crippen molar-refractivity contribution in [2.75, 3.05) is 0 Å². The van der Waals surface area contributed by atoms with Gasteiger partial charge in [0, 0.05) is 0 Å². The molecule has 18 heavy (non-hydrogen) atoms. The van der Waals surface area contributed by atoms with Gasteiger partial charge in [0.15, 0.2) is 0 Å². The summed E-state index contributed by atoms with van der Waals surface area (Å²) in [5, 5.41) is 15.7. The van der Waals surface area contributed by atoms with Gasteiger partial charge in [0.05, 0.1) is 0 Å². The second-order valence-electron chi connectivity index (χ2n) is 2.95. The first-order valence-electron chi connectivity index (χ1n) is 3.83. The fourth-order valence-corrected chi connectivity index (χ4v) is 0. The van der Waals surface area contributed by atoms with Crippen LogP contribution in [0.2, 0.25) is 14.6 Å². The fourth-order valence-electron chi connectivity index (χ4n) is 0. The van der Waals surface area contributed by atoms with Crippen molar-refractivity contribution in [1.82, 2.24) is 0 Å². The van der Waals surface area contributed by atoms with E-state index in [4.69, 9.17) is 79.8 Å². The van der Waals surface area contributed by atoms with Gasteiger partial charge in [-0.1, -0.05) is 69.6 Å². The molecule has 0 saturated heterocycles. The van der Waals surface area contributed by atoms with Gasteiger partial charge in [-0.05, 0) is 0 Å². The van der Waals surface area contributed by atoms with Crippen LogP contribution < -0.4 is 0 Å². The molecule has 0 unspecified atom stereocenters. The number of hydrogen-bond acceptors (Lipinski definition) is 2. The number of carboxylic acid groups (broad SMARTS) is 2. The van der Waals surface area contributed by atoms with E-state index in [-0.39, 0.29) is 0 Å². The van der Waals surface area contributed by atoms with E-state index in [9.17, 15) is 9.59 Å². The summed E-state index contributed by atoms with van der Waals surface area (Å²) in [7, 11) is 0. The molecule has 0 heterocycles. The summed E-state index contributed by atoms with van der Waals surface area (Å²) in [6, 6.07) is 0. The van der Waals surface area contributed by atoms with Crippen molar-refractivity contribution in [1.29, 1.82) is 0 Å². The van der Waals surface area contributed by atoms with Crippen molar-refractivity contribution in [3.63, 3.8) is 0 Å². The summed E-state index contributed by atoms with van der Waals surface area (Å²) in [5.41, 5.74) is 0. The fraction of sp³-hybridized carbons (Fsp3) is 0.714. The van der Waals surface area contributed by atoms with Crippen molar-refractivity contribution in [3.8, 4) is 0 Å². The first kappa shape index (κ1) is 24.5. The van der Waals surface area contributed by atoms with Gasteiger partial charge in [0.25, 0.3) is 7.59 Å². The summed E-state index contributed by atoms with van der Waals surface area (Å²) < 4.78 is -4.33. The van der Waals surface area contributed by atoms with Gasteiger partial charge in [-0.25, -0.2) is 9.59 Å². The average molecular weight is 494 g/mol. The normalized spacial score (nSPS) is 10.8. The van der Waals surface area contributed by atoms with E-state index in [1.807, 2.05) is 0 Å².